The molecular formula is C24H27ClN6O4. The number of β-amino-alcohol motifs (C(OH)–C–C–N with tert-alkyl or cyclic N) is 1. The Bertz CT molecular complexity index is 1240. The number of carbonyl (C=O) groups is 1. The number of ether oxygens (including phenoxy) is 2. The molecule has 0 aliphatic carbocycles. The Hall–Kier alpha value is -3.05. The van der Waals surface area contributed by atoms with Crippen molar-refractivity contribution in [1.29, 1.82) is 0 Å². The molecule has 2 atom stereocenters. The number of likely N-dealkylation sites (tertiary alicyclic amines) is 1. The lowest BCUT2D eigenvalue weighted by Crippen LogP contribution is -2.52. The molecule has 1 fully saturated rings. The summed E-state index contributed by atoms with van der Waals surface area (Å²) in [5, 5.41) is 17.5. The molecular weight excluding hydrogens is 472 g/mol. The van der Waals surface area contributed by atoms with Crippen molar-refractivity contribution < 1.29 is 19.4 Å². The number of rotatable bonds is 7. The molecule has 1 saturated heterocycles. The molecule has 1 amide bonds. The number of amides is 1. The maximum Gasteiger partial charge on any atom is 0.263 e. The number of hydrogen-bond donors (Lipinski definition) is 3. The van der Waals surface area contributed by atoms with E-state index in [0.29, 0.717) is 42.0 Å². The molecule has 0 saturated carbocycles. The number of halogens is 1. The van der Waals surface area contributed by atoms with E-state index >= 15 is 0 Å². The van der Waals surface area contributed by atoms with Crippen molar-refractivity contribution >= 4 is 34.4 Å². The number of anilines is 1. The van der Waals surface area contributed by atoms with Gasteiger partial charge in [0, 0.05) is 43.5 Å². The van der Waals surface area contributed by atoms with Gasteiger partial charge in [-0.05, 0) is 37.6 Å². The summed E-state index contributed by atoms with van der Waals surface area (Å²) < 4.78 is 10.6. The highest BCUT2D eigenvalue weighted by molar-refractivity contribution is 6.32. The van der Waals surface area contributed by atoms with Crippen molar-refractivity contribution in [2.24, 2.45) is 0 Å². The third kappa shape index (κ3) is 5.30. The number of nitrogens with one attached hydrogen (secondary N) is 2. The molecule has 0 bridgehead atoms. The number of pyridine rings is 3. The summed E-state index contributed by atoms with van der Waals surface area (Å²) >= 11 is 6.46. The summed E-state index contributed by atoms with van der Waals surface area (Å²) in [6.07, 6.45) is 2.62. The molecule has 0 aromatic carbocycles. The number of aromatic nitrogens is 3. The molecule has 5 rings (SSSR count). The lowest BCUT2D eigenvalue weighted by molar-refractivity contribution is -0.118. The van der Waals surface area contributed by atoms with E-state index in [1.807, 2.05) is 12.1 Å². The van der Waals surface area contributed by atoms with Gasteiger partial charge in [0.2, 0.25) is 5.88 Å². The first-order valence-electron chi connectivity index (χ1n) is 11.5. The first kappa shape index (κ1) is 23.7. The second kappa shape index (κ2) is 10.3. The zero-order valence-electron chi connectivity index (χ0n) is 19.3. The van der Waals surface area contributed by atoms with Gasteiger partial charge in [0.1, 0.15) is 0 Å². The lowest BCUT2D eigenvalue weighted by Gasteiger charge is -2.36. The van der Waals surface area contributed by atoms with E-state index in [4.69, 9.17) is 21.1 Å². The van der Waals surface area contributed by atoms with E-state index in [9.17, 15) is 9.90 Å². The summed E-state index contributed by atoms with van der Waals surface area (Å²) in [7, 11) is 1.58. The SMILES string of the molecule is COc1ccc2ncc(Cl)c(CCN3CCC(NCc4ccc5c(n4)NC(=O)CO5)C(O)C3)c2n1. The van der Waals surface area contributed by atoms with Gasteiger partial charge in [-0.3, -0.25) is 9.78 Å². The predicted molar refractivity (Wildman–Crippen MR) is 131 cm³/mol. The molecule has 2 aliphatic heterocycles. The van der Waals surface area contributed by atoms with Crippen LogP contribution in [0.25, 0.3) is 11.0 Å². The Balaban J connectivity index is 1.16. The molecule has 3 aromatic rings. The fourth-order valence-corrected chi connectivity index (χ4v) is 4.71. The van der Waals surface area contributed by atoms with Gasteiger partial charge in [0.25, 0.3) is 5.91 Å². The minimum atomic E-state index is -0.521. The van der Waals surface area contributed by atoms with E-state index in [0.717, 1.165) is 41.8 Å². The van der Waals surface area contributed by atoms with E-state index in [-0.39, 0.29) is 18.6 Å². The summed E-state index contributed by atoms with van der Waals surface area (Å²) in [5.41, 5.74) is 3.22. The quantitative estimate of drug-likeness (QED) is 0.447. The summed E-state index contributed by atoms with van der Waals surface area (Å²) in [6, 6.07) is 7.27. The van der Waals surface area contributed by atoms with E-state index < -0.39 is 6.10 Å². The zero-order valence-corrected chi connectivity index (χ0v) is 20.1. The second-order valence-electron chi connectivity index (χ2n) is 8.69. The fraction of sp³-hybridized carbons (Fsp3) is 0.417. The van der Waals surface area contributed by atoms with Gasteiger partial charge < -0.3 is 30.1 Å². The van der Waals surface area contributed by atoms with Crippen LogP contribution in [0, 0.1) is 0 Å². The van der Waals surface area contributed by atoms with Crippen LogP contribution in [-0.4, -0.2) is 76.4 Å². The minimum absolute atomic E-state index is 0.00530. The molecule has 3 aromatic heterocycles. The van der Waals surface area contributed by atoms with Crippen LogP contribution in [0.2, 0.25) is 5.02 Å². The lowest BCUT2D eigenvalue weighted by atomic mass is 10.0. The van der Waals surface area contributed by atoms with Crippen LogP contribution in [0.3, 0.4) is 0 Å². The van der Waals surface area contributed by atoms with Crippen molar-refractivity contribution in [3.8, 4) is 11.6 Å². The molecule has 0 radical (unpaired) electrons. The van der Waals surface area contributed by atoms with Gasteiger partial charge in [-0.1, -0.05) is 11.6 Å². The average Bonchev–Trinajstić information content (AvgIpc) is 2.87. The van der Waals surface area contributed by atoms with Crippen LogP contribution in [0.1, 0.15) is 17.7 Å². The summed E-state index contributed by atoms with van der Waals surface area (Å²) in [6.45, 7) is 2.63. The van der Waals surface area contributed by atoms with Crippen LogP contribution < -0.4 is 20.1 Å². The van der Waals surface area contributed by atoms with E-state index in [2.05, 4.69) is 30.5 Å². The molecule has 2 unspecified atom stereocenters. The molecule has 0 spiro atoms. The molecule has 3 N–H and O–H groups in total. The number of aliphatic hydroxyl groups is 1. The molecule has 5 heterocycles. The van der Waals surface area contributed by atoms with Crippen molar-refractivity contribution in [2.45, 2.75) is 31.5 Å². The molecule has 11 heteroatoms. The van der Waals surface area contributed by atoms with Crippen LogP contribution in [0.5, 0.6) is 11.6 Å². The van der Waals surface area contributed by atoms with Crippen LogP contribution in [0.15, 0.2) is 30.5 Å². The molecule has 184 valence electrons. The van der Waals surface area contributed by atoms with Gasteiger partial charge in [-0.15, -0.1) is 0 Å². The maximum atomic E-state index is 11.5. The standard InChI is InChI=1S/C24H27ClN6O4/c1-34-22-5-3-18-23(30-22)15(16(25)11-27-18)6-8-31-9-7-17(19(32)12-31)26-10-14-2-4-20-24(28-14)29-21(33)13-35-20/h2-5,11,17,19,26,32H,6-10,12-13H2,1H3,(H,28,29,33). The maximum absolute atomic E-state index is 11.5. The van der Waals surface area contributed by atoms with E-state index in [1.54, 1.807) is 25.4 Å². The van der Waals surface area contributed by atoms with Crippen LogP contribution in [0.4, 0.5) is 5.82 Å². The molecule has 35 heavy (non-hydrogen) atoms. The number of aliphatic hydroxyl groups excluding tert-OH is 1. The number of nitrogens with zero attached hydrogens (tertiary/aromatic N) is 4. The Labute approximate surface area is 207 Å². The topological polar surface area (TPSA) is 122 Å². The second-order valence-corrected chi connectivity index (χ2v) is 9.09. The molecule has 10 nitrogen and oxygen atoms in total. The number of carbonyl (C=O) groups excluding carboxylic acids is 1. The Morgan fingerprint density at radius 1 is 1.31 bits per heavy atom. The highest BCUT2D eigenvalue weighted by Gasteiger charge is 2.28. The van der Waals surface area contributed by atoms with Gasteiger partial charge in [-0.25, -0.2) is 9.97 Å². The van der Waals surface area contributed by atoms with Crippen LogP contribution >= 0.6 is 11.6 Å². The number of methoxy groups -OCH3 is 1. The largest absolute Gasteiger partial charge is 0.481 e. The Kier molecular flexibility index (Phi) is 6.96. The third-order valence-corrected chi connectivity index (χ3v) is 6.70. The van der Waals surface area contributed by atoms with E-state index in [1.165, 1.54) is 0 Å². The molecule has 2 aliphatic rings. The van der Waals surface area contributed by atoms with Crippen molar-refractivity contribution in [1.82, 2.24) is 25.2 Å². The first-order chi connectivity index (χ1) is 17.0. The smallest absolute Gasteiger partial charge is 0.263 e. The van der Waals surface area contributed by atoms with Crippen molar-refractivity contribution in [3.63, 3.8) is 0 Å². The highest BCUT2D eigenvalue weighted by Crippen LogP contribution is 2.27. The van der Waals surface area contributed by atoms with Crippen LogP contribution in [-0.2, 0) is 17.8 Å². The Morgan fingerprint density at radius 3 is 3.03 bits per heavy atom. The van der Waals surface area contributed by atoms with Gasteiger partial charge in [-0.2, -0.15) is 0 Å². The summed E-state index contributed by atoms with van der Waals surface area (Å²) in [5.74, 6) is 1.31. The van der Waals surface area contributed by atoms with Gasteiger partial charge in [0.15, 0.2) is 18.2 Å². The summed E-state index contributed by atoms with van der Waals surface area (Å²) in [4.78, 5) is 27.1. The van der Waals surface area contributed by atoms with Gasteiger partial charge in [0.05, 0.1) is 35.0 Å². The third-order valence-electron chi connectivity index (χ3n) is 6.37. The van der Waals surface area contributed by atoms with Crippen molar-refractivity contribution in [3.05, 3.63) is 46.7 Å². The Morgan fingerprint density at radius 2 is 2.20 bits per heavy atom. The number of hydrogen-bond acceptors (Lipinski definition) is 9. The predicted octanol–water partition coefficient (Wildman–Crippen LogP) is 1.79. The average molecular weight is 499 g/mol. The van der Waals surface area contributed by atoms with Gasteiger partial charge >= 0.3 is 0 Å². The van der Waals surface area contributed by atoms with Crippen molar-refractivity contribution in [2.75, 3.05) is 38.7 Å². The minimum Gasteiger partial charge on any atom is -0.481 e. The fourth-order valence-electron chi connectivity index (χ4n) is 4.48. The number of fused-ring (bicyclic) bond motifs is 2. The zero-order chi connectivity index (χ0) is 24.4. The highest BCUT2D eigenvalue weighted by atomic mass is 35.5. The first-order valence-corrected chi connectivity index (χ1v) is 11.9. The normalized spacial score (nSPS) is 20.3. The monoisotopic (exact) mass is 498 g/mol. The number of piperidine rings is 1.